The summed E-state index contributed by atoms with van der Waals surface area (Å²) in [5.74, 6) is 2.31. The third-order valence-electron chi connectivity index (χ3n) is 5.37. The number of hydrogen-bond donors (Lipinski definition) is 2. The van der Waals surface area contributed by atoms with E-state index in [2.05, 4.69) is 29.6 Å². The van der Waals surface area contributed by atoms with Gasteiger partial charge in [0.2, 0.25) is 5.91 Å². The van der Waals surface area contributed by atoms with Crippen molar-refractivity contribution in [2.24, 2.45) is 0 Å². The molecule has 0 aliphatic carbocycles. The van der Waals surface area contributed by atoms with E-state index in [9.17, 15) is 4.79 Å². The fourth-order valence-electron chi connectivity index (χ4n) is 3.88. The summed E-state index contributed by atoms with van der Waals surface area (Å²) in [6.07, 6.45) is 0.956. The number of nitrogens with one attached hydrogen (secondary N) is 2. The number of ether oxygens (including phenoxy) is 3. The number of hydrogen-bond acceptors (Lipinski definition) is 4. The third kappa shape index (κ3) is 4.39. The van der Waals surface area contributed by atoms with Crippen LogP contribution in [0.2, 0.25) is 0 Å². The van der Waals surface area contributed by atoms with E-state index in [0.29, 0.717) is 6.54 Å². The Kier molecular flexibility index (Phi) is 6.41. The van der Waals surface area contributed by atoms with Crippen molar-refractivity contribution in [1.82, 2.24) is 5.32 Å². The zero-order valence-electron chi connectivity index (χ0n) is 17.0. The second-order valence-electron chi connectivity index (χ2n) is 7.08. The van der Waals surface area contributed by atoms with Crippen LogP contribution in [-0.4, -0.2) is 40.3 Å². The van der Waals surface area contributed by atoms with Crippen LogP contribution in [0.3, 0.4) is 0 Å². The number of benzene rings is 2. The van der Waals surface area contributed by atoms with Crippen molar-refractivity contribution in [1.29, 1.82) is 0 Å². The van der Waals surface area contributed by atoms with Gasteiger partial charge in [-0.15, -0.1) is 0 Å². The van der Waals surface area contributed by atoms with Crippen LogP contribution < -0.4 is 24.4 Å². The molecule has 1 aliphatic rings. The molecule has 0 radical (unpaired) electrons. The molecule has 0 saturated carbocycles. The highest BCUT2D eigenvalue weighted by Gasteiger charge is 2.32. The molecule has 0 spiro atoms. The highest BCUT2D eigenvalue weighted by molar-refractivity contribution is 5.72. The summed E-state index contributed by atoms with van der Waals surface area (Å²) in [7, 11) is 4.98. The molecule has 3 rings (SSSR count). The molecular formula is C22H29N2O4+. The largest absolute Gasteiger partial charge is 0.497 e. The first-order valence-corrected chi connectivity index (χ1v) is 9.52. The van der Waals surface area contributed by atoms with Crippen LogP contribution in [-0.2, 0) is 17.8 Å². The molecule has 2 aromatic carbocycles. The number of rotatable bonds is 7. The molecule has 0 fully saturated rings. The Balaban J connectivity index is 1.90. The predicted molar refractivity (Wildman–Crippen MR) is 107 cm³/mol. The Morgan fingerprint density at radius 1 is 1.07 bits per heavy atom. The lowest BCUT2D eigenvalue weighted by Crippen LogP contribution is -3.12. The van der Waals surface area contributed by atoms with E-state index in [4.69, 9.17) is 14.2 Å². The van der Waals surface area contributed by atoms with Crippen LogP contribution >= 0.6 is 0 Å². The highest BCUT2D eigenvalue weighted by atomic mass is 16.5. The molecule has 28 heavy (non-hydrogen) atoms. The first-order valence-electron chi connectivity index (χ1n) is 9.52. The number of quaternary nitrogens is 1. The van der Waals surface area contributed by atoms with Crippen molar-refractivity contribution < 1.29 is 23.9 Å². The van der Waals surface area contributed by atoms with Crippen LogP contribution in [0.5, 0.6) is 17.2 Å². The van der Waals surface area contributed by atoms with Crippen molar-refractivity contribution in [3.63, 3.8) is 0 Å². The molecule has 6 nitrogen and oxygen atoms in total. The minimum atomic E-state index is -0.0172. The maximum absolute atomic E-state index is 11.6. The standard InChI is InChI=1S/C22H28N2O4/c1-15(25)23-13-20-19-12-22(28-4)21(27-3)11-17(19)9-10-24(20)14-16-5-7-18(26-2)8-6-16/h5-8,11-12,20H,9-10,13-14H2,1-4H3,(H,23,25)/p+1/t20-/m0/s1. The van der Waals surface area contributed by atoms with E-state index >= 15 is 0 Å². The molecule has 1 unspecified atom stereocenters. The zero-order valence-corrected chi connectivity index (χ0v) is 17.0. The van der Waals surface area contributed by atoms with Crippen LogP contribution in [0.25, 0.3) is 0 Å². The fourth-order valence-corrected chi connectivity index (χ4v) is 3.88. The van der Waals surface area contributed by atoms with Gasteiger partial charge in [-0.2, -0.15) is 0 Å². The molecule has 0 saturated heterocycles. The molecule has 1 heterocycles. The van der Waals surface area contributed by atoms with Crippen molar-refractivity contribution in [2.45, 2.75) is 25.9 Å². The lowest BCUT2D eigenvalue weighted by Gasteiger charge is -2.35. The topological polar surface area (TPSA) is 61.2 Å². The van der Waals surface area contributed by atoms with E-state index in [1.807, 2.05) is 12.1 Å². The van der Waals surface area contributed by atoms with Crippen LogP contribution in [0.4, 0.5) is 0 Å². The summed E-state index contributed by atoms with van der Waals surface area (Å²) in [6.45, 7) is 4.01. The summed E-state index contributed by atoms with van der Waals surface area (Å²) in [4.78, 5) is 13.0. The van der Waals surface area contributed by atoms with Gasteiger partial charge in [-0.25, -0.2) is 0 Å². The maximum Gasteiger partial charge on any atom is 0.217 e. The summed E-state index contributed by atoms with van der Waals surface area (Å²) in [6, 6.07) is 12.5. The summed E-state index contributed by atoms with van der Waals surface area (Å²) in [5.41, 5.74) is 3.71. The average Bonchev–Trinajstić information content (AvgIpc) is 2.72. The van der Waals surface area contributed by atoms with Crippen molar-refractivity contribution in [3.8, 4) is 17.2 Å². The van der Waals surface area contributed by atoms with Gasteiger partial charge in [-0.3, -0.25) is 4.79 Å². The number of amides is 1. The summed E-state index contributed by atoms with van der Waals surface area (Å²) < 4.78 is 16.2. The first-order chi connectivity index (χ1) is 13.5. The Bertz CT molecular complexity index is 820. The molecule has 1 aliphatic heterocycles. The average molecular weight is 385 g/mol. The summed E-state index contributed by atoms with van der Waals surface area (Å²) in [5, 5.41) is 3.00. The molecule has 150 valence electrons. The summed E-state index contributed by atoms with van der Waals surface area (Å²) >= 11 is 0. The predicted octanol–water partition coefficient (Wildman–Crippen LogP) is 1.53. The molecule has 0 bridgehead atoms. The Hall–Kier alpha value is -2.73. The molecule has 2 N–H and O–H groups in total. The van der Waals surface area contributed by atoms with Crippen LogP contribution in [0, 0.1) is 0 Å². The van der Waals surface area contributed by atoms with Crippen molar-refractivity contribution >= 4 is 5.91 Å². The van der Waals surface area contributed by atoms with Gasteiger partial charge in [0.25, 0.3) is 0 Å². The molecule has 0 aromatic heterocycles. The van der Waals surface area contributed by atoms with Crippen molar-refractivity contribution in [2.75, 3.05) is 34.4 Å². The molecule has 1 amide bonds. The number of methoxy groups -OCH3 is 3. The number of fused-ring (bicyclic) bond motifs is 1. The Labute approximate surface area is 166 Å². The minimum Gasteiger partial charge on any atom is -0.497 e. The van der Waals surface area contributed by atoms with E-state index in [1.54, 1.807) is 28.3 Å². The lowest BCUT2D eigenvalue weighted by atomic mass is 9.91. The number of carbonyl (C=O) groups is 1. The van der Waals surface area contributed by atoms with Gasteiger partial charge < -0.3 is 24.4 Å². The third-order valence-corrected chi connectivity index (χ3v) is 5.37. The van der Waals surface area contributed by atoms with Gasteiger partial charge in [-0.1, -0.05) is 0 Å². The molecule has 2 atom stereocenters. The van der Waals surface area contributed by atoms with E-state index in [-0.39, 0.29) is 11.9 Å². The quantitative estimate of drug-likeness (QED) is 0.759. The molecular weight excluding hydrogens is 356 g/mol. The van der Waals surface area contributed by atoms with E-state index in [0.717, 1.165) is 36.8 Å². The second-order valence-corrected chi connectivity index (χ2v) is 7.08. The smallest absolute Gasteiger partial charge is 0.217 e. The normalized spacial score (nSPS) is 18.1. The van der Waals surface area contributed by atoms with Crippen LogP contribution in [0.15, 0.2) is 36.4 Å². The minimum absolute atomic E-state index is 0.0172. The fraction of sp³-hybridized carbons (Fsp3) is 0.409. The van der Waals surface area contributed by atoms with Crippen LogP contribution in [0.1, 0.15) is 29.7 Å². The van der Waals surface area contributed by atoms with Gasteiger partial charge in [0.05, 0.1) is 34.4 Å². The first kappa shape index (κ1) is 20.0. The second kappa shape index (κ2) is 8.97. The van der Waals surface area contributed by atoms with Gasteiger partial charge in [0.15, 0.2) is 11.5 Å². The maximum atomic E-state index is 11.6. The Morgan fingerprint density at radius 2 is 1.75 bits per heavy atom. The lowest BCUT2D eigenvalue weighted by molar-refractivity contribution is -0.945. The van der Waals surface area contributed by atoms with Crippen molar-refractivity contribution in [3.05, 3.63) is 53.1 Å². The van der Waals surface area contributed by atoms with E-state index in [1.165, 1.54) is 21.6 Å². The van der Waals surface area contributed by atoms with Gasteiger partial charge in [0, 0.05) is 24.5 Å². The Morgan fingerprint density at radius 3 is 2.36 bits per heavy atom. The number of carbonyl (C=O) groups excluding carboxylic acids is 1. The zero-order chi connectivity index (χ0) is 20.1. The monoisotopic (exact) mass is 385 g/mol. The SMILES string of the molecule is COc1ccc(C[NH+]2CCc3cc(OC)c(OC)cc3[C@@H]2CNC(C)=O)cc1. The van der Waals surface area contributed by atoms with Gasteiger partial charge >= 0.3 is 0 Å². The molecule has 6 heteroatoms. The van der Waals surface area contributed by atoms with Gasteiger partial charge in [-0.05, 0) is 42.0 Å². The van der Waals surface area contributed by atoms with E-state index < -0.39 is 0 Å². The highest BCUT2D eigenvalue weighted by Crippen LogP contribution is 2.34. The molecule has 2 aromatic rings. The van der Waals surface area contributed by atoms with Gasteiger partial charge in [0.1, 0.15) is 18.3 Å².